The molecule has 0 amide bonds. The van der Waals surface area contributed by atoms with Gasteiger partial charge >= 0.3 is 0 Å². The molecule has 1 aliphatic rings. The van der Waals surface area contributed by atoms with Gasteiger partial charge in [-0.2, -0.15) is 0 Å². The fraction of sp³-hybridized carbons (Fsp3) is 0.333. The highest BCUT2D eigenvalue weighted by molar-refractivity contribution is 7.99. The van der Waals surface area contributed by atoms with Gasteiger partial charge in [-0.3, -0.25) is 9.97 Å². The Labute approximate surface area is 131 Å². The minimum Gasteiger partial charge on any atom is -0.477 e. The Kier molecular flexibility index (Phi) is 4.58. The van der Waals surface area contributed by atoms with Crippen LogP contribution in [-0.4, -0.2) is 54.8 Å². The molecule has 0 bridgehead atoms. The number of aliphatic hydroxyl groups excluding tert-OH is 3. The second-order valence-corrected chi connectivity index (χ2v) is 6.12. The van der Waals surface area contributed by atoms with E-state index in [1.54, 1.807) is 30.7 Å². The zero-order valence-corrected chi connectivity index (χ0v) is 12.4. The average Bonchev–Trinajstić information content (AvgIpc) is 2.57. The van der Waals surface area contributed by atoms with E-state index in [0.717, 1.165) is 11.3 Å². The highest BCUT2D eigenvalue weighted by Gasteiger charge is 2.38. The van der Waals surface area contributed by atoms with Crippen LogP contribution in [0.2, 0.25) is 0 Å². The van der Waals surface area contributed by atoms with E-state index >= 15 is 0 Å². The first kappa shape index (κ1) is 15.2. The maximum absolute atomic E-state index is 9.98. The molecule has 3 rings (SSSR count). The summed E-state index contributed by atoms with van der Waals surface area (Å²) in [6, 6.07) is 7.28. The number of thioether (sulfide) groups is 1. The van der Waals surface area contributed by atoms with Crippen LogP contribution in [-0.2, 0) is 0 Å². The molecule has 0 unspecified atom stereocenters. The van der Waals surface area contributed by atoms with Crippen LogP contribution in [0, 0.1) is 0 Å². The molecule has 1 aromatic carbocycles. The highest BCUT2D eigenvalue weighted by Crippen LogP contribution is 2.30. The van der Waals surface area contributed by atoms with E-state index in [2.05, 4.69) is 9.97 Å². The molecule has 6 nitrogen and oxygen atoms in total. The Morgan fingerprint density at radius 1 is 1.14 bits per heavy atom. The topological polar surface area (TPSA) is 95.7 Å². The van der Waals surface area contributed by atoms with Gasteiger partial charge in [0, 0.05) is 23.7 Å². The lowest BCUT2D eigenvalue weighted by molar-refractivity contribution is -0.0786. The first-order chi connectivity index (χ1) is 10.6. The summed E-state index contributed by atoms with van der Waals surface area (Å²) in [6.07, 6.45) is 1.59. The van der Waals surface area contributed by atoms with Gasteiger partial charge in [0.25, 0.3) is 0 Å². The second kappa shape index (κ2) is 6.62. The van der Waals surface area contributed by atoms with Crippen molar-refractivity contribution >= 4 is 11.8 Å². The molecule has 0 aliphatic carbocycles. The third-order valence-corrected chi connectivity index (χ3v) is 4.64. The number of aliphatic hydroxyl groups is 3. The summed E-state index contributed by atoms with van der Waals surface area (Å²) in [5.74, 6) is 0.871. The lowest BCUT2D eigenvalue weighted by atomic mass is 10.1. The Bertz CT molecular complexity index is 628. The van der Waals surface area contributed by atoms with Crippen LogP contribution in [0.15, 0.2) is 42.9 Å². The highest BCUT2D eigenvalue weighted by atomic mass is 32.2. The van der Waals surface area contributed by atoms with E-state index in [9.17, 15) is 15.3 Å². The summed E-state index contributed by atoms with van der Waals surface area (Å²) in [5, 5.41) is 29.2. The van der Waals surface area contributed by atoms with E-state index in [4.69, 9.17) is 4.74 Å². The summed E-state index contributed by atoms with van der Waals surface area (Å²) in [5.41, 5.74) is 0.942. The predicted octanol–water partition coefficient (Wildman–Crippen LogP) is 0.678. The normalized spacial score (nSPS) is 28.3. The molecule has 0 spiro atoms. The number of rotatable bonds is 3. The number of aromatic nitrogens is 2. The molecule has 2 heterocycles. The number of benzene rings is 1. The summed E-state index contributed by atoms with van der Waals surface area (Å²) in [6.45, 7) is 0. The monoisotopic (exact) mass is 320 g/mol. The number of hydrogen-bond donors (Lipinski definition) is 3. The van der Waals surface area contributed by atoms with Crippen LogP contribution >= 0.6 is 11.8 Å². The van der Waals surface area contributed by atoms with Gasteiger partial charge < -0.3 is 20.1 Å². The van der Waals surface area contributed by atoms with Crippen LogP contribution in [0.4, 0.5) is 0 Å². The summed E-state index contributed by atoms with van der Waals surface area (Å²) in [7, 11) is 0. The Hall–Kier alpha value is -1.67. The van der Waals surface area contributed by atoms with Crippen LogP contribution in [0.5, 0.6) is 5.75 Å². The third kappa shape index (κ3) is 3.22. The van der Waals surface area contributed by atoms with Crippen LogP contribution in [0.25, 0.3) is 11.3 Å². The number of hydrogen-bond acceptors (Lipinski definition) is 7. The van der Waals surface area contributed by atoms with Crippen LogP contribution < -0.4 is 4.74 Å². The van der Waals surface area contributed by atoms with Crippen LogP contribution in [0.1, 0.15) is 0 Å². The van der Waals surface area contributed by atoms with Crippen molar-refractivity contribution in [3.8, 4) is 17.0 Å². The lowest BCUT2D eigenvalue weighted by Gasteiger charge is -2.34. The van der Waals surface area contributed by atoms with Crippen molar-refractivity contribution in [1.29, 1.82) is 0 Å². The van der Waals surface area contributed by atoms with Gasteiger partial charge in [0.1, 0.15) is 18.0 Å². The standard InChI is InChI=1S/C15H16N2O4S/c18-12-8-22-15(14(20)13(12)19)21-10-3-1-2-9(6-10)11-7-16-4-5-17-11/h1-7,12-15,18-20H,8H2/t12-,13+,14-,15+/m1/s1. The van der Waals surface area contributed by atoms with Gasteiger partial charge in [-0.05, 0) is 12.1 Å². The minimum absolute atomic E-state index is 0.312. The van der Waals surface area contributed by atoms with Crippen molar-refractivity contribution in [2.75, 3.05) is 5.75 Å². The molecule has 2 aromatic rings. The summed E-state index contributed by atoms with van der Waals surface area (Å²) in [4.78, 5) is 8.26. The maximum atomic E-state index is 9.98. The fourth-order valence-electron chi connectivity index (χ4n) is 2.19. The average molecular weight is 320 g/mol. The maximum Gasteiger partial charge on any atom is 0.173 e. The van der Waals surface area contributed by atoms with Crippen molar-refractivity contribution in [1.82, 2.24) is 9.97 Å². The molecule has 22 heavy (non-hydrogen) atoms. The van der Waals surface area contributed by atoms with Gasteiger partial charge in [-0.25, -0.2) is 0 Å². The van der Waals surface area contributed by atoms with Gasteiger partial charge in [0.2, 0.25) is 0 Å². The van der Waals surface area contributed by atoms with Gasteiger partial charge in [0.05, 0.1) is 18.0 Å². The Morgan fingerprint density at radius 3 is 2.77 bits per heavy atom. The van der Waals surface area contributed by atoms with E-state index in [-0.39, 0.29) is 0 Å². The molecule has 7 heteroatoms. The van der Waals surface area contributed by atoms with Crippen molar-refractivity contribution in [2.45, 2.75) is 23.7 Å². The van der Waals surface area contributed by atoms with Gasteiger partial charge in [0.15, 0.2) is 5.44 Å². The van der Waals surface area contributed by atoms with Gasteiger partial charge in [-0.1, -0.05) is 12.1 Å². The van der Waals surface area contributed by atoms with Crippen LogP contribution in [0.3, 0.4) is 0 Å². The molecular formula is C15H16N2O4S. The van der Waals surface area contributed by atoms with Crippen molar-refractivity contribution in [3.63, 3.8) is 0 Å². The largest absolute Gasteiger partial charge is 0.477 e. The van der Waals surface area contributed by atoms with Crippen molar-refractivity contribution < 1.29 is 20.1 Å². The molecule has 1 aromatic heterocycles. The molecule has 1 fully saturated rings. The molecule has 3 N–H and O–H groups in total. The van der Waals surface area contributed by atoms with E-state index in [0.29, 0.717) is 11.5 Å². The zero-order chi connectivity index (χ0) is 15.5. The van der Waals surface area contributed by atoms with E-state index < -0.39 is 23.7 Å². The molecule has 0 saturated carbocycles. The third-order valence-electron chi connectivity index (χ3n) is 3.40. The van der Waals surface area contributed by atoms with E-state index in [1.807, 2.05) is 12.1 Å². The quantitative estimate of drug-likeness (QED) is 0.765. The first-order valence-electron chi connectivity index (χ1n) is 6.84. The summed E-state index contributed by atoms with van der Waals surface area (Å²) < 4.78 is 5.74. The molecular weight excluding hydrogens is 304 g/mol. The minimum atomic E-state index is -1.20. The SMILES string of the molecule is O[C@@H]1[C@@H](O)[C@@H](Oc2cccc(-c3cnccn3)c2)SC[C@H]1O. The molecule has 1 saturated heterocycles. The lowest BCUT2D eigenvalue weighted by Crippen LogP contribution is -2.50. The van der Waals surface area contributed by atoms with E-state index in [1.165, 1.54) is 11.8 Å². The molecule has 1 aliphatic heterocycles. The molecule has 0 radical (unpaired) electrons. The molecule has 116 valence electrons. The van der Waals surface area contributed by atoms with Crippen molar-refractivity contribution in [3.05, 3.63) is 42.9 Å². The van der Waals surface area contributed by atoms with Crippen molar-refractivity contribution in [2.24, 2.45) is 0 Å². The fourth-order valence-corrected chi connectivity index (χ4v) is 3.32. The first-order valence-corrected chi connectivity index (χ1v) is 7.89. The smallest absolute Gasteiger partial charge is 0.173 e. The zero-order valence-electron chi connectivity index (χ0n) is 11.6. The summed E-state index contributed by atoms with van der Waals surface area (Å²) >= 11 is 1.27. The Balaban J connectivity index is 1.76. The molecule has 4 atom stereocenters. The second-order valence-electron chi connectivity index (χ2n) is 4.99. The number of nitrogens with zero attached hydrogens (tertiary/aromatic N) is 2. The Morgan fingerprint density at radius 2 is 2.00 bits per heavy atom. The number of ether oxygens (including phenoxy) is 1. The van der Waals surface area contributed by atoms with Gasteiger partial charge in [-0.15, -0.1) is 11.8 Å². The predicted molar refractivity (Wildman–Crippen MR) is 82.4 cm³/mol.